The minimum atomic E-state index is -2.00. The molecule has 0 bridgehead atoms. The number of ether oxygens (including phenoxy) is 8. The molecule has 0 heterocycles. The van der Waals surface area contributed by atoms with Gasteiger partial charge in [-0.25, -0.2) is 4.89 Å². The number of unbranched alkanes of at least 4 members (excludes halogenated alkanes) is 2. The lowest BCUT2D eigenvalue weighted by Gasteiger charge is -2.47. The van der Waals surface area contributed by atoms with Crippen LogP contribution in [0.4, 0.5) is 0 Å². The molecule has 0 aromatic carbocycles. The summed E-state index contributed by atoms with van der Waals surface area (Å²) in [6.07, 6.45) is 4.91. The van der Waals surface area contributed by atoms with E-state index in [0.29, 0.717) is 19.6 Å². The molecule has 272 valence electrons. The van der Waals surface area contributed by atoms with Crippen LogP contribution in [0, 0.1) is 0 Å². The van der Waals surface area contributed by atoms with Crippen molar-refractivity contribution in [1.82, 2.24) is 0 Å². The largest absolute Gasteiger partial charge is 0.373 e. The molecule has 0 saturated carbocycles. The fraction of sp³-hybridized carbons (Fsp3) is 1.00. The molecule has 0 rings (SSSR count). The maximum Gasteiger partial charge on any atom is 0.371 e. The van der Waals surface area contributed by atoms with E-state index < -0.39 is 28.9 Å². The highest BCUT2D eigenvalue weighted by atomic mass is 17.5. The van der Waals surface area contributed by atoms with Crippen LogP contribution < -0.4 is 0 Å². The Morgan fingerprint density at radius 3 is 1.73 bits per heavy atom. The van der Waals surface area contributed by atoms with Crippen molar-refractivity contribution in [3.63, 3.8) is 0 Å². The summed E-state index contributed by atoms with van der Waals surface area (Å²) in [5, 5.41) is 5.33. The lowest BCUT2D eigenvalue weighted by atomic mass is 10.0. The summed E-state index contributed by atoms with van der Waals surface area (Å²) in [5.74, 6) is -5.13. The average molecular weight is 655 g/mol. The van der Waals surface area contributed by atoms with E-state index in [1.54, 1.807) is 0 Å². The lowest BCUT2D eigenvalue weighted by Crippen LogP contribution is -2.64. The fourth-order valence-corrected chi connectivity index (χ4v) is 4.10. The predicted octanol–water partition coefficient (Wildman–Crippen LogP) is 8.23. The van der Waals surface area contributed by atoms with Crippen LogP contribution in [0.2, 0.25) is 0 Å². The number of hydrogen-bond acceptors (Lipinski definition) is 11. The third-order valence-corrected chi connectivity index (χ3v) is 6.65. The molecular weight excluding hydrogens is 584 g/mol. The Balaban J connectivity index is 6.85. The van der Waals surface area contributed by atoms with Crippen molar-refractivity contribution in [2.24, 2.45) is 0 Å². The maximum atomic E-state index is 6.60. The second kappa shape index (κ2) is 22.2. The molecular formula is C34H70O11. The zero-order chi connectivity index (χ0) is 34.6. The van der Waals surface area contributed by atoms with E-state index >= 15 is 0 Å². The first kappa shape index (κ1) is 44.6. The molecule has 0 aromatic rings. The van der Waals surface area contributed by atoms with Crippen LogP contribution in [0.1, 0.15) is 141 Å². The molecule has 11 heteroatoms. The Bertz CT molecular complexity index is 729. The summed E-state index contributed by atoms with van der Waals surface area (Å²) >= 11 is 0. The van der Waals surface area contributed by atoms with Gasteiger partial charge in [0.25, 0.3) is 11.8 Å². The van der Waals surface area contributed by atoms with Crippen LogP contribution in [0.3, 0.4) is 0 Å². The molecule has 45 heavy (non-hydrogen) atoms. The zero-order valence-corrected chi connectivity index (χ0v) is 31.3. The Morgan fingerprint density at radius 1 is 0.622 bits per heavy atom. The molecule has 0 aliphatic carbocycles. The zero-order valence-electron chi connectivity index (χ0n) is 31.3. The molecule has 0 radical (unpaired) electrons. The molecule has 0 aliphatic rings. The van der Waals surface area contributed by atoms with E-state index in [-0.39, 0.29) is 44.9 Å². The van der Waals surface area contributed by atoms with Gasteiger partial charge in [-0.3, -0.25) is 0 Å². The summed E-state index contributed by atoms with van der Waals surface area (Å²) in [4.78, 5) is 11.4. The van der Waals surface area contributed by atoms with Gasteiger partial charge in [0.1, 0.15) is 0 Å². The number of hydrogen-bond donors (Lipinski definition) is 0. The molecule has 0 N–H and O–H groups in total. The number of methoxy groups -OCH3 is 1. The van der Waals surface area contributed by atoms with Gasteiger partial charge in [0.05, 0.1) is 43.2 Å². The van der Waals surface area contributed by atoms with Crippen LogP contribution in [0.25, 0.3) is 0 Å². The van der Waals surface area contributed by atoms with Gasteiger partial charge in [-0.05, 0) is 88.0 Å². The molecule has 4 unspecified atom stereocenters. The molecule has 11 nitrogen and oxygen atoms in total. The molecule has 0 saturated heterocycles. The first-order chi connectivity index (χ1) is 21.0. The minimum Gasteiger partial charge on any atom is -0.373 e. The van der Waals surface area contributed by atoms with E-state index in [2.05, 4.69) is 20.8 Å². The second-order valence-electron chi connectivity index (χ2n) is 13.3. The van der Waals surface area contributed by atoms with Gasteiger partial charge in [-0.2, -0.15) is 0 Å². The van der Waals surface area contributed by atoms with Gasteiger partial charge in [0.2, 0.25) is 0 Å². The first-order valence-corrected chi connectivity index (χ1v) is 17.2. The molecule has 4 atom stereocenters. The smallest absolute Gasteiger partial charge is 0.371 e. The number of rotatable bonds is 29. The third-order valence-electron chi connectivity index (χ3n) is 6.65. The Hall–Kier alpha value is -0.440. The van der Waals surface area contributed by atoms with Crippen molar-refractivity contribution >= 4 is 0 Å². The van der Waals surface area contributed by atoms with Crippen molar-refractivity contribution in [3.05, 3.63) is 0 Å². The van der Waals surface area contributed by atoms with E-state index in [9.17, 15) is 0 Å². The van der Waals surface area contributed by atoms with Crippen LogP contribution >= 0.6 is 0 Å². The van der Waals surface area contributed by atoms with Crippen LogP contribution in [0.15, 0.2) is 0 Å². The first-order valence-electron chi connectivity index (χ1n) is 17.2. The van der Waals surface area contributed by atoms with Gasteiger partial charge >= 0.3 is 5.97 Å². The Kier molecular flexibility index (Phi) is 22.0. The van der Waals surface area contributed by atoms with E-state index in [4.69, 9.17) is 52.7 Å². The molecule has 0 fully saturated rings. The van der Waals surface area contributed by atoms with Gasteiger partial charge < -0.3 is 37.9 Å². The van der Waals surface area contributed by atoms with Crippen molar-refractivity contribution in [1.29, 1.82) is 0 Å². The fourth-order valence-electron chi connectivity index (χ4n) is 4.10. The summed E-state index contributed by atoms with van der Waals surface area (Å²) in [6.45, 7) is 27.1. The van der Waals surface area contributed by atoms with E-state index in [0.717, 1.165) is 32.1 Å². The summed E-state index contributed by atoms with van der Waals surface area (Å²) in [5.41, 5.74) is -1.26. The maximum absolute atomic E-state index is 6.60. The topological polar surface area (TPSA) is 102 Å². The highest BCUT2D eigenvalue weighted by Gasteiger charge is 2.61. The highest BCUT2D eigenvalue weighted by molar-refractivity contribution is 4.85. The van der Waals surface area contributed by atoms with Gasteiger partial charge in [-0.1, -0.05) is 45.6 Å². The molecule has 0 amide bonds. The van der Waals surface area contributed by atoms with Gasteiger partial charge in [-0.15, -0.1) is 4.89 Å². The van der Waals surface area contributed by atoms with Crippen LogP contribution in [0.5, 0.6) is 0 Å². The van der Waals surface area contributed by atoms with E-state index in [1.807, 2.05) is 69.2 Å². The Labute approximate surface area is 275 Å². The average Bonchev–Trinajstić information content (AvgIpc) is 2.96. The highest BCUT2D eigenvalue weighted by Crippen LogP contribution is 2.42. The van der Waals surface area contributed by atoms with Crippen LogP contribution in [-0.2, 0) is 52.7 Å². The quantitative estimate of drug-likeness (QED) is 0.0337. The predicted molar refractivity (Wildman–Crippen MR) is 174 cm³/mol. The van der Waals surface area contributed by atoms with Gasteiger partial charge in [0, 0.05) is 33.2 Å². The van der Waals surface area contributed by atoms with E-state index in [1.165, 1.54) is 7.11 Å². The minimum absolute atomic E-state index is 0.104. The molecule has 0 aromatic heterocycles. The Morgan fingerprint density at radius 2 is 1.24 bits per heavy atom. The van der Waals surface area contributed by atoms with Gasteiger partial charge in [0.15, 0.2) is 0 Å². The third kappa shape index (κ3) is 17.0. The molecule has 0 aliphatic heterocycles. The van der Waals surface area contributed by atoms with Crippen molar-refractivity contribution in [3.8, 4) is 0 Å². The summed E-state index contributed by atoms with van der Waals surface area (Å²) in [7, 11) is 1.51. The molecule has 0 spiro atoms. The standard InChI is InChI=1S/C34H70O11/c1-15-20-25-37-31(12,13)27-40-33(38-26-21-16-2,42-29(8)18-4)23-22-32(35-14,36-19-5)34(39-24-17-3,41-28(6)7)44-45-43-30(9,10)11/h28-29H,15-27H2,1-14H3. The second-order valence-corrected chi connectivity index (χ2v) is 13.3. The summed E-state index contributed by atoms with van der Waals surface area (Å²) < 4.78 is 51.0. The van der Waals surface area contributed by atoms with Crippen LogP contribution in [-0.4, -0.2) is 81.3 Å². The summed E-state index contributed by atoms with van der Waals surface area (Å²) in [6, 6.07) is 0. The normalized spacial score (nSPS) is 17.7. The van der Waals surface area contributed by atoms with Crippen molar-refractivity contribution in [2.75, 3.05) is 40.1 Å². The van der Waals surface area contributed by atoms with Crippen molar-refractivity contribution in [2.45, 2.75) is 183 Å². The monoisotopic (exact) mass is 654 g/mol. The SMILES string of the molecule is CCCCOC(C)(C)COC(CCC(OC)(OCC)C(OCCC)(OOOC(C)(C)C)OC(C)C)(OCCCC)OC(C)CC. The lowest BCUT2D eigenvalue weighted by molar-refractivity contribution is -0.659. The van der Waals surface area contributed by atoms with Crippen molar-refractivity contribution < 1.29 is 52.7 Å².